The molecule has 1 aliphatic heterocycles. The number of hydrogen-bond acceptors (Lipinski definition) is 7. The highest BCUT2D eigenvalue weighted by Crippen LogP contribution is 2.19. The molecular weight excluding hydrogens is 378 g/mol. The molecule has 4 amide bonds. The van der Waals surface area contributed by atoms with Crippen LogP contribution in [0.25, 0.3) is 0 Å². The molecule has 3 atom stereocenters. The van der Waals surface area contributed by atoms with Gasteiger partial charge >= 0.3 is 5.97 Å². The standard InChI is InChI=1S/C15H25N5O6S/c16-6-12(22)18-9(7-27)13(23)19-8(3-4-11(17)21)14(24)20-5-1-2-10(20)15(25)26/h8-10,27H,1-7,16H2,(H2,17,21)(H,18,22)(H,19,23)(H,25,26). The minimum absolute atomic E-state index is 0.0459. The van der Waals surface area contributed by atoms with Crippen LogP contribution in [-0.4, -0.2) is 76.6 Å². The van der Waals surface area contributed by atoms with Crippen LogP contribution >= 0.6 is 12.6 Å². The first kappa shape index (κ1) is 22.7. The third kappa shape index (κ3) is 6.71. The van der Waals surface area contributed by atoms with Gasteiger partial charge in [-0.15, -0.1) is 0 Å². The number of rotatable bonds is 10. The summed E-state index contributed by atoms with van der Waals surface area (Å²) >= 11 is 3.99. The molecule has 0 bridgehead atoms. The van der Waals surface area contributed by atoms with Crippen LogP contribution in [-0.2, 0) is 24.0 Å². The van der Waals surface area contributed by atoms with Gasteiger partial charge in [0.2, 0.25) is 23.6 Å². The largest absolute Gasteiger partial charge is 0.480 e. The molecule has 0 spiro atoms. The zero-order chi connectivity index (χ0) is 20.6. The molecule has 0 aliphatic carbocycles. The summed E-state index contributed by atoms with van der Waals surface area (Å²) in [6.07, 6.45) is 0.560. The van der Waals surface area contributed by atoms with Crippen molar-refractivity contribution in [3.05, 3.63) is 0 Å². The van der Waals surface area contributed by atoms with E-state index in [-0.39, 0.29) is 31.7 Å². The second-order valence-electron chi connectivity index (χ2n) is 6.10. The number of carbonyl (C=O) groups excluding carboxylic acids is 4. The molecule has 12 heteroatoms. The summed E-state index contributed by atoms with van der Waals surface area (Å²) in [5.74, 6) is -3.73. The average molecular weight is 403 g/mol. The van der Waals surface area contributed by atoms with Gasteiger partial charge in [-0.2, -0.15) is 12.6 Å². The van der Waals surface area contributed by atoms with E-state index in [0.29, 0.717) is 12.8 Å². The number of carboxylic acids is 1. The van der Waals surface area contributed by atoms with Crippen molar-refractivity contribution in [2.24, 2.45) is 11.5 Å². The number of likely N-dealkylation sites (tertiary alicyclic amines) is 1. The molecule has 0 aromatic heterocycles. The predicted molar refractivity (Wildman–Crippen MR) is 97.6 cm³/mol. The molecule has 0 radical (unpaired) electrons. The highest BCUT2D eigenvalue weighted by molar-refractivity contribution is 7.80. The van der Waals surface area contributed by atoms with Gasteiger partial charge in [0.25, 0.3) is 0 Å². The maximum absolute atomic E-state index is 12.8. The highest BCUT2D eigenvalue weighted by Gasteiger charge is 2.38. The van der Waals surface area contributed by atoms with E-state index < -0.39 is 47.7 Å². The molecule has 1 fully saturated rings. The van der Waals surface area contributed by atoms with Gasteiger partial charge in [-0.25, -0.2) is 4.79 Å². The second-order valence-corrected chi connectivity index (χ2v) is 6.47. The summed E-state index contributed by atoms with van der Waals surface area (Å²) in [5, 5.41) is 14.1. The lowest BCUT2D eigenvalue weighted by Gasteiger charge is -2.28. The lowest BCUT2D eigenvalue weighted by molar-refractivity contribution is -0.149. The van der Waals surface area contributed by atoms with Crippen LogP contribution in [0.3, 0.4) is 0 Å². The van der Waals surface area contributed by atoms with Crippen molar-refractivity contribution in [2.75, 3.05) is 18.8 Å². The molecule has 7 N–H and O–H groups in total. The van der Waals surface area contributed by atoms with E-state index in [2.05, 4.69) is 23.3 Å². The Morgan fingerprint density at radius 3 is 2.37 bits per heavy atom. The van der Waals surface area contributed by atoms with E-state index >= 15 is 0 Å². The van der Waals surface area contributed by atoms with Crippen molar-refractivity contribution in [3.63, 3.8) is 0 Å². The molecule has 0 aromatic rings. The van der Waals surface area contributed by atoms with E-state index in [0.717, 1.165) is 0 Å². The number of carbonyl (C=O) groups is 5. The Morgan fingerprint density at radius 2 is 1.85 bits per heavy atom. The van der Waals surface area contributed by atoms with Gasteiger partial charge in [-0.1, -0.05) is 0 Å². The van der Waals surface area contributed by atoms with E-state index in [1.165, 1.54) is 4.90 Å². The fourth-order valence-corrected chi connectivity index (χ4v) is 3.01. The first-order valence-corrected chi connectivity index (χ1v) is 9.06. The Balaban J connectivity index is 2.90. The molecular formula is C15H25N5O6S. The van der Waals surface area contributed by atoms with Crippen LogP contribution < -0.4 is 22.1 Å². The van der Waals surface area contributed by atoms with Crippen molar-refractivity contribution in [1.29, 1.82) is 0 Å². The molecule has 27 heavy (non-hydrogen) atoms. The smallest absolute Gasteiger partial charge is 0.326 e. The number of primary amides is 1. The Labute approximate surface area is 161 Å². The summed E-state index contributed by atoms with van der Waals surface area (Å²) in [4.78, 5) is 60.1. The fraction of sp³-hybridized carbons (Fsp3) is 0.667. The third-order valence-corrected chi connectivity index (χ3v) is 4.50. The SMILES string of the molecule is NCC(=O)NC(CS)C(=O)NC(CCC(N)=O)C(=O)N1CCCC1C(=O)O. The van der Waals surface area contributed by atoms with Gasteiger partial charge in [0.1, 0.15) is 18.1 Å². The molecule has 3 unspecified atom stereocenters. The van der Waals surface area contributed by atoms with Crippen LogP contribution in [0.2, 0.25) is 0 Å². The van der Waals surface area contributed by atoms with Crippen molar-refractivity contribution in [3.8, 4) is 0 Å². The van der Waals surface area contributed by atoms with E-state index in [4.69, 9.17) is 11.5 Å². The lowest BCUT2D eigenvalue weighted by Crippen LogP contribution is -2.56. The molecule has 152 valence electrons. The maximum atomic E-state index is 12.8. The number of nitrogens with zero attached hydrogens (tertiary/aromatic N) is 1. The van der Waals surface area contributed by atoms with Crippen LogP contribution in [0.15, 0.2) is 0 Å². The molecule has 1 saturated heterocycles. The summed E-state index contributed by atoms with van der Waals surface area (Å²) in [6.45, 7) is -0.0890. The normalized spacial score (nSPS) is 18.4. The van der Waals surface area contributed by atoms with Crippen LogP contribution in [0.4, 0.5) is 0 Å². The first-order valence-electron chi connectivity index (χ1n) is 8.43. The fourth-order valence-electron chi connectivity index (χ4n) is 2.75. The summed E-state index contributed by atoms with van der Waals surface area (Å²) in [6, 6.07) is -3.17. The summed E-state index contributed by atoms with van der Waals surface area (Å²) < 4.78 is 0. The minimum atomic E-state index is -1.15. The summed E-state index contributed by atoms with van der Waals surface area (Å²) in [5.41, 5.74) is 10.3. The van der Waals surface area contributed by atoms with Gasteiger partial charge < -0.3 is 32.1 Å². The molecule has 0 aromatic carbocycles. The maximum Gasteiger partial charge on any atom is 0.326 e. The Morgan fingerprint density at radius 1 is 1.19 bits per heavy atom. The predicted octanol–water partition coefficient (Wildman–Crippen LogP) is -2.81. The van der Waals surface area contributed by atoms with Gasteiger partial charge in [-0.3, -0.25) is 19.2 Å². The highest BCUT2D eigenvalue weighted by atomic mass is 32.1. The number of thiol groups is 1. The van der Waals surface area contributed by atoms with Crippen molar-refractivity contribution < 1.29 is 29.1 Å². The third-order valence-electron chi connectivity index (χ3n) is 4.13. The number of amides is 4. The molecule has 1 rings (SSSR count). The van der Waals surface area contributed by atoms with E-state index in [9.17, 15) is 29.1 Å². The number of nitrogens with two attached hydrogens (primary N) is 2. The quantitative estimate of drug-likeness (QED) is 0.212. The van der Waals surface area contributed by atoms with Crippen molar-refractivity contribution in [2.45, 2.75) is 43.8 Å². The number of aliphatic carboxylic acids is 1. The molecule has 0 saturated carbocycles. The molecule has 11 nitrogen and oxygen atoms in total. The topological polar surface area (TPSA) is 185 Å². The lowest BCUT2D eigenvalue weighted by atomic mass is 10.1. The monoisotopic (exact) mass is 403 g/mol. The van der Waals surface area contributed by atoms with Crippen LogP contribution in [0.5, 0.6) is 0 Å². The Kier molecular flexibility index (Phi) is 9.02. The van der Waals surface area contributed by atoms with Crippen molar-refractivity contribution in [1.82, 2.24) is 15.5 Å². The van der Waals surface area contributed by atoms with E-state index in [1.807, 2.05) is 0 Å². The van der Waals surface area contributed by atoms with Gasteiger partial charge in [0.15, 0.2) is 0 Å². The van der Waals surface area contributed by atoms with E-state index in [1.54, 1.807) is 0 Å². The number of nitrogens with one attached hydrogen (secondary N) is 2. The zero-order valence-corrected chi connectivity index (χ0v) is 15.6. The van der Waals surface area contributed by atoms with Crippen LogP contribution in [0, 0.1) is 0 Å². The number of hydrogen-bond donors (Lipinski definition) is 6. The molecule has 1 aliphatic rings. The number of carboxylic acid groups (broad SMARTS) is 1. The zero-order valence-electron chi connectivity index (χ0n) is 14.7. The average Bonchev–Trinajstić information content (AvgIpc) is 3.11. The Bertz CT molecular complexity index is 601. The van der Waals surface area contributed by atoms with Crippen LogP contribution in [0.1, 0.15) is 25.7 Å². The van der Waals surface area contributed by atoms with Gasteiger partial charge in [0, 0.05) is 18.7 Å². The van der Waals surface area contributed by atoms with Crippen molar-refractivity contribution >= 4 is 42.2 Å². The first-order chi connectivity index (χ1) is 12.7. The minimum Gasteiger partial charge on any atom is -0.480 e. The summed E-state index contributed by atoms with van der Waals surface area (Å²) in [7, 11) is 0. The van der Waals surface area contributed by atoms with Gasteiger partial charge in [-0.05, 0) is 19.3 Å². The second kappa shape index (κ2) is 10.7. The Hall–Kier alpha value is -2.34. The molecule has 1 heterocycles. The van der Waals surface area contributed by atoms with Gasteiger partial charge in [0.05, 0.1) is 6.54 Å².